The number of aromatic nitrogens is 1. The summed E-state index contributed by atoms with van der Waals surface area (Å²) < 4.78 is 5.33. The van der Waals surface area contributed by atoms with Crippen LogP contribution in [-0.4, -0.2) is 111 Å². The molecule has 2 aliphatic carbocycles. The topological polar surface area (TPSA) is 84.2 Å². The van der Waals surface area contributed by atoms with Gasteiger partial charge in [0.15, 0.2) is 0 Å². The molecule has 9 heteroatoms. The number of nitrogens with one attached hydrogen (secondary N) is 2. The van der Waals surface area contributed by atoms with Gasteiger partial charge in [0.2, 0.25) is 0 Å². The average Bonchev–Trinajstić information content (AvgIpc) is 3.80. The zero-order valence-electron chi connectivity index (χ0n) is 29.5. The van der Waals surface area contributed by atoms with Crippen molar-refractivity contribution < 1.29 is 9.53 Å². The minimum absolute atomic E-state index is 0.101. The van der Waals surface area contributed by atoms with Gasteiger partial charge in [0.05, 0.1) is 6.61 Å². The average molecular weight is 635 g/mol. The number of aromatic amines is 1. The van der Waals surface area contributed by atoms with Crippen LogP contribution in [0, 0.1) is 26.7 Å². The van der Waals surface area contributed by atoms with Gasteiger partial charge in [-0.3, -0.25) is 9.59 Å². The van der Waals surface area contributed by atoms with Crippen molar-refractivity contribution >= 4 is 11.6 Å². The first-order valence-corrected chi connectivity index (χ1v) is 17.6. The predicted molar refractivity (Wildman–Crippen MR) is 187 cm³/mol. The molecule has 0 radical (unpaired) electrons. The summed E-state index contributed by atoms with van der Waals surface area (Å²) in [5, 5.41) is 3.12. The van der Waals surface area contributed by atoms with Crippen molar-refractivity contribution in [3.8, 4) is 0 Å². The van der Waals surface area contributed by atoms with Gasteiger partial charge in [-0.25, -0.2) is 0 Å². The number of hydrogen-bond acceptors (Lipinski definition) is 7. The van der Waals surface area contributed by atoms with E-state index in [1.807, 2.05) is 19.9 Å². The number of rotatable bonds is 13. The number of likely N-dealkylation sites (N-methyl/N-ethyl adjacent to an activating group) is 2. The number of piperazine rings is 1. The van der Waals surface area contributed by atoms with E-state index in [2.05, 4.69) is 70.0 Å². The Kier molecular flexibility index (Phi) is 11.6. The van der Waals surface area contributed by atoms with E-state index in [0.717, 1.165) is 87.6 Å². The number of carbonyl (C=O) groups is 1. The number of nitrogens with zero attached hydrogens (tertiary/aromatic N) is 4. The van der Waals surface area contributed by atoms with E-state index < -0.39 is 0 Å². The Morgan fingerprint density at radius 3 is 2.39 bits per heavy atom. The first-order chi connectivity index (χ1) is 22.1. The molecule has 1 aromatic heterocycles. The fourth-order valence-electron chi connectivity index (χ4n) is 7.91. The number of pyridine rings is 1. The maximum absolute atomic E-state index is 13.9. The predicted octanol–water partition coefficient (Wildman–Crippen LogP) is 4.30. The molecule has 46 heavy (non-hydrogen) atoms. The third-order valence-electron chi connectivity index (χ3n) is 11.0. The Hall–Kier alpha value is -2.72. The number of H-pyrrole nitrogens is 1. The lowest BCUT2D eigenvalue weighted by atomic mass is 9.88. The van der Waals surface area contributed by atoms with Crippen LogP contribution in [0.4, 0.5) is 5.69 Å². The molecule has 1 saturated heterocycles. The molecule has 2 unspecified atom stereocenters. The second-order valence-corrected chi connectivity index (χ2v) is 14.3. The zero-order valence-corrected chi connectivity index (χ0v) is 29.5. The highest BCUT2D eigenvalue weighted by Crippen LogP contribution is 2.49. The van der Waals surface area contributed by atoms with Crippen molar-refractivity contribution in [2.24, 2.45) is 5.92 Å². The van der Waals surface area contributed by atoms with Crippen LogP contribution < -0.4 is 15.8 Å². The second kappa shape index (κ2) is 15.5. The largest absolute Gasteiger partial charge is 0.383 e. The fraction of sp³-hybridized carbons (Fsp3) is 0.676. The van der Waals surface area contributed by atoms with Crippen LogP contribution >= 0.6 is 0 Å². The molecule has 2 aromatic rings. The second-order valence-electron chi connectivity index (χ2n) is 14.3. The molecule has 5 rings (SSSR count). The van der Waals surface area contributed by atoms with Gasteiger partial charge in [0.1, 0.15) is 0 Å². The molecule has 0 spiro atoms. The van der Waals surface area contributed by atoms with Crippen LogP contribution in [0.15, 0.2) is 23.0 Å². The number of hydrogen-bond donors (Lipinski definition) is 2. The van der Waals surface area contributed by atoms with Gasteiger partial charge in [0, 0.05) is 94.1 Å². The van der Waals surface area contributed by atoms with E-state index in [0.29, 0.717) is 29.5 Å². The Morgan fingerprint density at radius 1 is 1.04 bits per heavy atom. The minimum Gasteiger partial charge on any atom is -0.383 e. The third kappa shape index (κ3) is 8.22. The van der Waals surface area contributed by atoms with Gasteiger partial charge < -0.3 is 34.6 Å². The quantitative estimate of drug-likeness (QED) is 0.340. The normalized spacial score (nSPS) is 23.9. The maximum atomic E-state index is 13.9. The summed E-state index contributed by atoms with van der Waals surface area (Å²) in [6.07, 6.45) is 5.82. The van der Waals surface area contributed by atoms with Gasteiger partial charge in [-0.05, 0) is 121 Å². The summed E-state index contributed by atoms with van der Waals surface area (Å²) in [6.45, 7) is 16.7. The van der Waals surface area contributed by atoms with Crippen molar-refractivity contribution in [1.29, 1.82) is 0 Å². The van der Waals surface area contributed by atoms with Crippen molar-refractivity contribution in [3.63, 3.8) is 0 Å². The van der Waals surface area contributed by atoms with Crippen molar-refractivity contribution in [2.45, 2.75) is 84.3 Å². The van der Waals surface area contributed by atoms with Crippen LogP contribution in [0.2, 0.25) is 0 Å². The van der Waals surface area contributed by atoms with Gasteiger partial charge in [-0.1, -0.05) is 0 Å². The molecule has 2 heterocycles. The molecule has 3 aliphatic rings. The Balaban J connectivity index is 1.37. The lowest BCUT2D eigenvalue weighted by Gasteiger charge is -2.41. The zero-order chi connectivity index (χ0) is 33.0. The lowest BCUT2D eigenvalue weighted by Crippen LogP contribution is -2.45. The van der Waals surface area contributed by atoms with E-state index in [4.69, 9.17) is 4.74 Å². The van der Waals surface area contributed by atoms with E-state index in [-0.39, 0.29) is 18.0 Å². The van der Waals surface area contributed by atoms with Crippen LogP contribution in [-0.2, 0) is 11.3 Å². The number of ether oxygens (including phenoxy) is 1. The summed E-state index contributed by atoms with van der Waals surface area (Å²) in [4.78, 5) is 39.6. The molecule has 1 amide bonds. The molecular weight excluding hydrogens is 576 g/mol. The summed E-state index contributed by atoms with van der Waals surface area (Å²) in [6, 6.07) is 7.58. The molecule has 2 atom stereocenters. The Morgan fingerprint density at radius 2 is 1.74 bits per heavy atom. The summed E-state index contributed by atoms with van der Waals surface area (Å²) >= 11 is 0. The number of anilines is 1. The Labute approximate surface area is 276 Å². The third-order valence-corrected chi connectivity index (χ3v) is 11.0. The number of amides is 1. The molecule has 2 saturated carbocycles. The first kappa shape index (κ1) is 34.6. The fourth-order valence-corrected chi connectivity index (χ4v) is 7.91. The highest BCUT2D eigenvalue weighted by molar-refractivity contribution is 5.97. The van der Waals surface area contributed by atoms with E-state index in [1.165, 1.54) is 30.5 Å². The molecule has 254 valence electrons. The van der Waals surface area contributed by atoms with E-state index >= 15 is 0 Å². The lowest BCUT2D eigenvalue weighted by molar-refractivity contribution is 0.0950. The van der Waals surface area contributed by atoms with Crippen LogP contribution in [0.3, 0.4) is 0 Å². The van der Waals surface area contributed by atoms with E-state index in [1.54, 1.807) is 7.11 Å². The SMILES string of the molecule is CCN(c1cc(C2CC2CN2CCN(C)CC2)cc(C(=O)NCc2c(C)cc(C)[nH]c2=O)c1C)[C@H]1CC[C@H](N(C)CCOC)CC1. The highest BCUT2D eigenvalue weighted by Gasteiger charge is 2.41. The molecule has 9 nitrogen and oxygen atoms in total. The number of carbonyl (C=O) groups excluding carboxylic acids is 1. The van der Waals surface area contributed by atoms with E-state index in [9.17, 15) is 9.59 Å². The van der Waals surface area contributed by atoms with Gasteiger partial charge in [-0.15, -0.1) is 0 Å². The molecular formula is C37H58N6O3. The van der Waals surface area contributed by atoms with Crippen molar-refractivity contribution in [2.75, 3.05) is 78.5 Å². The standard InChI is InChI=1S/C37H58N6O3/c1-8-43(31-11-9-30(10-12-31)41(6)17-18-46-7)35-22-28(33-21-29(33)24-42-15-13-40(5)14-16-42)20-32(27(35)4)36(44)38-23-34-25(2)19-26(3)39-37(34)45/h19-20,22,29-31,33H,8-18,21,23-24H2,1-7H3,(H,38,44)(H,39,45)/t29?,30-,31-,33?. The molecule has 2 N–H and O–H groups in total. The Bertz CT molecular complexity index is 1390. The summed E-state index contributed by atoms with van der Waals surface area (Å²) in [5.74, 6) is 1.02. The number of methoxy groups -OCH3 is 1. The number of benzene rings is 1. The summed E-state index contributed by atoms with van der Waals surface area (Å²) in [5.41, 5.74) is 6.49. The van der Waals surface area contributed by atoms with Gasteiger partial charge in [-0.2, -0.15) is 0 Å². The highest BCUT2D eigenvalue weighted by atomic mass is 16.5. The van der Waals surface area contributed by atoms with Gasteiger partial charge >= 0.3 is 0 Å². The van der Waals surface area contributed by atoms with Crippen LogP contribution in [0.5, 0.6) is 0 Å². The molecule has 1 aromatic carbocycles. The first-order valence-electron chi connectivity index (χ1n) is 17.6. The van der Waals surface area contributed by atoms with Crippen molar-refractivity contribution in [3.05, 3.63) is 62.1 Å². The smallest absolute Gasteiger partial charge is 0.253 e. The van der Waals surface area contributed by atoms with Crippen molar-refractivity contribution in [1.82, 2.24) is 25.0 Å². The molecule has 0 bridgehead atoms. The maximum Gasteiger partial charge on any atom is 0.253 e. The molecule has 3 fully saturated rings. The van der Waals surface area contributed by atoms with Crippen LogP contribution in [0.25, 0.3) is 0 Å². The van der Waals surface area contributed by atoms with Crippen LogP contribution in [0.1, 0.15) is 83.3 Å². The summed E-state index contributed by atoms with van der Waals surface area (Å²) in [7, 11) is 6.20. The monoisotopic (exact) mass is 634 g/mol. The molecule has 1 aliphatic heterocycles. The minimum atomic E-state index is -0.130. The van der Waals surface area contributed by atoms with Gasteiger partial charge in [0.25, 0.3) is 11.5 Å². The number of aryl methyl sites for hydroxylation is 2.